The standard InChI is InChI=1S/3C24H19N3O7S.C2H4O2/c3*1-13-19(23(30)34-3)20(14-8-10-15(11-9-14)22(29)33-2)26-21(28)18(35-24(26)25-13)12-16-6-4-5-7-17(16)27(31)32;1-2(3)4/h3*4-12,20H,1-3H3;1H3,(H,3,4)/b3*18-12+;. The fraction of sp³-hybridized carbons (Fsp3) is 0.176. The van der Waals surface area contributed by atoms with Gasteiger partial charge >= 0.3 is 35.8 Å². The van der Waals surface area contributed by atoms with Gasteiger partial charge in [-0.2, -0.15) is 0 Å². The molecule has 3 aromatic heterocycles. The summed E-state index contributed by atoms with van der Waals surface area (Å²) in [5, 5.41) is 41.7. The molecule has 0 amide bonds. The third-order valence-corrected chi connectivity index (χ3v) is 19.4. The topological polar surface area (TPSA) is 428 Å². The third kappa shape index (κ3) is 17.0. The van der Waals surface area contributed by atoms with Crippen LogP contribution in [0.3, 0.4) is 0 Å². The first-order chi connectivity index (χ1) is 52.0. The number of allylic oxidation sites excluding steroid dienone is 3. The van der Waals surface area contributed by atoms with Gasteiger partial charge in [-0.15, -0.1) is 0 Å². The number of aliphatic carboxylic acids is 1. The van der Waals surface area contributed by atoms with Crippen LogP contribution in [0.2, 0.25) is 0 Å². The summed E-state index contributed by atoms with van der Waals surface area (Å²) >= 11 is 3.17. The smallest absolute Gasteiger partial charge is 0.338 e. The molecular weight excluding hydrogens is 1480 g/mol. The number of carboxylic acids is 1. The fourth-order valence-corrected chi connectivity index (χ4v) is 14.6. The van der Waals surface area contributed by atoms with E-state index in [1.54, 1.807) is 112 Å². The van der Waals surface area contributed by atoms with Crippen LogP contribution >= 0.6 is 34.0 Å². The Labute approximate surface area is 625 Å². The molecule has 0 bridgehead atoms. The molecular formula is C74H61N9O23S3. The highest BCUT2D eigenvalue weighted by Gasteiger charge is 2.37. The van der Waals surface area contributed by atoms with Crippen LogP contribution in [0.4, 0.5) is 17.1 Å². The number of methoxy groups -OCH3 is 6. The number of rotatable bonds is 15. The zero-order valence-corrected chi connectivity index (χ0v) is 61.4. The van der Waals surface area contributed by atoms with Crippen molar-refractivity contribution in [3.8, 4) is 0 Å². The van der Waals surface area contributed by atoms with Crippen LogP contribution in [0.15, 0.2) is 209 Å². The zero-order chi connectivity index (χ0) is 79.4. The van der Waals surface area contributed by atoms with Crippen LogP contribution in [0, 0.1) is 30.3 Å². The Bertz CT molecular complexity index is 5380. The van der Waals surface area contributed by atoms with Crippen molar-refractivity contribution in [3.63, 3.8) is 0 Å². The van der Waals surface area contributed by atoms with Crippen LogP contribution in [0.5, 0.6) is 0 Å². The van der Waals surface area contributed by atoms with Gasteiger partial charge in [-0.3, -0.25) is 63.2 Å². The molecule has 0 radical (unpaired) electrons. The highest BCUT2D eigenvalue weighted by molar-refractivity contribution is 7.07. The molecule has 558 valence electrons. The van der Waals surface area contributed by atoms with Gasteiger partial charge in [-0.1, -0.05) is 107 Å². The number of nitro groups is 3. The average molecular weight is 1540 g/mol. The van der Waals surface area contributed by atoms with Crippen molar-refractivity contribution in [2.45, 2.75) is 45.8 Å². The third-order valence-electron chi connectivity index (χ3n) is 16.5. The molecule has 3 unspecified atom stereocenters. The summed E-state index contributed by atoms with van der Waals surface area (Å²) in [5.41, 5.74) is 3.17. The van der Waals surface area contributed by atoms with Gasteiger partial charge in [-0.25, -0.2) is 43.7 Å². The molecule has 0 fully saturated rings. The van der Waals surface area contributed by atoms with E-state index in [9.17, 15) is 73.5 Å². The van der Waals surface area contributed by atoms with Crippen LogP contribution in [-0.2, 0) is 47.6 Å². The Balaban J connectivity index is 0.000000184. The van der Waals surface area contributed by atoms with Crippen LogP contribution in [-0.4, -0.2) is 118 Å². The van der Waals surface area contributed by atoms with Crippen molar-refractivity contribution < 1.29 is 81.9 Å². The Hall–Kier alpha value is -13.7. The van der Waals surface area contributed by atoms with E-state index in [2.05, 4.69) is 15.0 Å². The Morgan fingerprint density at radius 2 is 0.596 bits per heavy atom. The van der Waals surface area contributed by atoms with Crippen molar-refractivity contribution in [2.75, 3.05) is 42.7 Å². The van der Waals surface area contributed by atoms with Gasteiger partial charge in [0.05, 0.1) is 156 Å². The molecule has 6 heterocycles. The van der Waals surface area contributed by atoms with Crippen LogP contribution < -0.4 is 44.7 Å². The molecule has 0 spiro atoms. The second-order valence-corrected chi connectivity index (χ2v) is 26.1. The minimum Gasteiger partial charge on any atom is -0.481 e. The highest BCUT2D eigenvalue weighted by atomic mass is 32.1. The second kappa shape index (κ2) is 34.5. The van der Waals surface area contributed by atoms with E-state index in [0.717, 1.165) is 40.9 Å². The Kier molecular flexibility index (Phi) is 25.1. The predicted octanol–water partition coefficient (Wildman–Crippen LogP) is 6.40. The molecule has 12 rings (SSSR count). The quantitative estimate of drug-likeness (QED) is 0.0502. The van der Waals surface area contributed by atoms with Gasteiger partial charge in [0.1, 0.15) is 0 Å². The Morgan fingerprint density at radius 3 is 0.798 bits per heavy atom. The highest BCUT2D eigenvalue weighted by Crippen LogP contribution is 2.35. The maximum atomic E-state index is 13.5. The number of nitro benzene ring substituents is 3. The lowest BCUT2D eigenvalue weighted by Gasteiger charge is -2.24. The lowest BCUT2D eigenvalue weighted by Crippen LogP contribution is -2.39. The number of carboxylic acid groups (broad SMARTS) is 1. The molecule has 1 N–H and O–H groups in total. The van der Waals surface area contributed by atoms with Gasteiger partial charge in [0.2, 0.25) is 0 Å². The van der Waals surface area contributed by atoms with E-state index in [4.69, 9.17) is 38.3 Å². The lowest BCUT2D eigenvalue weighted by atomic mass is 9.95. The molecule has 9 aromatic rings. The summed E-state index contributed by atoms with van der Waals surface area (Å²) < 4.78 is 33.8. The predicted molar refractivity (Wildman–Crippen MR) is 393 cm³/mol. The number of aromatic nitrogens is 3. The molecule has 0 saturated heterocycles. The number of fused-ring (bicyclic) bond motifs is 3. The Morgan fingerprint density at radius 1 is 0.385 bits per heavy atom. The molecule has 3 atom stereocenters. The number of benzene rings is 6. The van der Waals surface area contributed by atoms with Crippen molar-refractivity contribution in [2.24, 2.45) is 15.0 Å². The van der Waals surface area contributed by atoms with E-state index >= 15 is 0 Å². The number of hydrogen-bond donors (Lipinski definition) is 1. The van der Waals surface area contributed by atoms with E-state index in [-0.39, 0.29) is 64.1 Å². The molecule has 32 nitrogen and oxygen atoms in total. The fourth-order valence-electron chi connectivity index (χ4n) is 11.5. The number of hydrogen-bond acceptors (Lipinski definition) is 28. The number of para-hydroxylation sites is 3. The van der Waals surface area contributed by atoms with Gasteiger partial charge < -0.3 is 33.5 Å². The van der Waals surface area contributed by atoms with Crippen molar-refractivity contribution in [1.82, 2.24) is 13.7 Å². The van der Waals surface area contributed by atoms with Gasteiger partial charge in [0.15, 0.2) is 14.4 Å². The number of thiazole rings is 3. The first-order valence-corrected chi connectivity index (χ1v) is 34.2. The monoisotopic (exact) mass is 1540 g/mol. The van der Waals surface area contributed by atoms with E-state index < -0.39 is 91.4 Å². The minimum atomic E-state index is -0.877. The van der Waals surface area contributed by atoms with Crippen molar-refractivity contribution >= 4 is 111 Å². The summed E-state index contributed by atoms with van der Waals surface area (Å²) in [5.74, 6) is -4.36. The maximum Gasteiger partial charge on any atom is 0.338 e. The minimum absolute atomic E-state index is 0.139. The summed E-state index contributed by atoms with van der Waals surface area (Å²) in [6.45, 7) is 6.00. The first kappa shape index (κ1) is 79.4. The van der Waals surface area contributed by atoms with Crippen molar-refractivity contribution in [1.29, 1.82) is 0 Å². The summed E-state index contributed by atoms with van der Waals surface area (Å²) in [4.78, 5) is 170. The summed E-state index contributed by atoms with van der Waals surface area (Å²) in [6, 6.07) is 34.6. The number of ether oxygens (including phenoxy) is 6. The van der Waals surface area contributed by atoms with E-state index in [0.29, 0.717) is 64.9 Å². The van der Waals surface area contributed by atoms with Crippen molar-refractivity contribution in [3.05, 3.63) is 319 Å². The second-order valence-electron chi connectivity index (χ2n) is 23.0. The largest absolute Gasteiger partial charge is 0.481 e. The molecule has 35 heteroatoms. The van der Waals surface area contributed by atoms with E-state index in [1.165, 1.54) is 129 Å². The number of carbonyl (C=O) groups is 7. The molecule has 3 aliphatic rings. The lowest BCUT2D eigenvalue weighted by molar-refractivity contribution is -0.385. The number of carbonyl (C=O) groups excluding carboxylic acids is 6. The van der Waals surface area contributed by atoms with Gasteiger partial charge in [0, 0.05) is 25.1 Å². The van der Waals surface area contributed by atoms with Crippen LogP contribution in [0.1, 0.15) is 110 Å². The molecule has 0 saturated carbocycles. The average Bonchev–Trinajstić information content (AvgIpc) is 1.67. The van der Waals surface area contributed by atoms with Crippen LogP contribution in [0.25, 0.3) is 18.2 Å². The molecule has 6 aromatic carbocycles. The molecule has 3 aliphatic heterocycles. The zero-order valence-electron chi connectivity index (χ0n) is 59.0. The van der Waals surface area contributed by atoms with Gasteiger partial charge in [0.25, 0.3) is 39.7 Å². The SMILES string of the molecule is CC(=O)O.COC(=O)C1=C(C)N=c2s/c(=C/c3ccccc3[N+](=O)[O-])c(=O)n2C1c1ccc(C(=O)OC)cc1.COC(=O)C1=C(C)N=c2s/c(=C/c3ccccc3[N+](=O)[O-])c(=O)n2C1c1ccc(C(=O)OC)cc1.COC(=O)C1=C(C)N=c2s/c(=C/c3ccccc3[N+](=O)[O-])c(=O)n2C1c1ccc(C(=O)OC)cc1. The summed E-state index contributed by atoms with van der Waals surface area (Å²) in [7, 11) is 7.52. The van der Waals surface area contributed by atoms with Gasteiger partial charge in [-0.05, 0) is 110 Å². The number of nitrogens with zero attached hydrogens (tertiary/aromatic N) is 9. The molecule has 109 heavy (non-hydrogen) atoms. The summed E-state index contributed by atoms with van der Waals surface area (Å²) in [6.07, 6.45) is 4.32. The first-order valence-electron chi connectivity index (χ1n) is 31.8. The number of esters is 6. The van der Waals surface area contributed by atoms with E-state index in [1.807, 2.05) is 0 Å². The molecule has 0 aliphatic carbocycles. The normalized spacial score (nSPS) is 15.0. The maximum absolute atomic E-state index is 13.5.